The van der Waals surface area contributed by atoms with Crippen molar-refractivity contribution < 1.29 is 4.79 Å². The van der Waals surface area contributed by atoms with Gasteiger partial charge in [0.25, 0.3) is 0 Å². The predicted molar refractivity (Wildman–Crippen MR) is 61.4 cm³/mol. The molecule has 0 saturated heterocycles. The van der Waals surface area contributed by atoms with Crippen molar-refractivity contribution in [2.75, 3.05) is 5.32 Å². The highest BCUT2D eigenvalue weighted by molar-refractivity contribution is 5.98. The Kier molecular flexibility index (Phi) is 6.12. The Morgan fingerprint density at radius 3 is 2.21 bits per heavy atom. The molecular formula is C12H17NO. The first-order chi connectivity index (χ1) is 6.72. The van der Waals surface area contributed by atoms with E-state index in [4.69, 9.17) is 0 Å². The molecule has 0 unspecified atom stereocenters. The van der Waals surface area contributed by atoms with E-state index in [2.05, 4.69) is 11.9 Å². The first kappa shape index (κ1) is 12.4. The van der Waals surface area contributed by atoms with Gasteiger partial charge >= 0.3 is 0 Å². The number of amides is 1. The second kappa shape index (κ2) is 6.89. The van der Waals surface area contributed by atoms with Crippen LogP contribution in [-0.4, -0.2) is 5.91 Å². The fourth-order valence-electron chi connectivity index (χ4n) is 0.830. The van der Waals surface area contributed by atoms with E-state index in [0.29, 0.717) is 0 Å². The van der Waals surface area contributed by atoms with Gasteiger partial charge in [-0.2, -0.15) is 0 Å². The van der Waals surface area contributed by atoms with E-state index < -0.39 is 0 Å². The standard InChI is InChI=1S/C10H11NO.C2H6/c1-3-10(12)11-9-6-4-8(2)5-7-9;1-2/h3-7H,1H2,2H3,(H,11,12);1-2H3. The second-order valence-corrected chi connectivity index (χ2v) is 2.56. The van der Waals surface area contributed by atoms with Crippen molar-refractivity contribution >= 4 is 11.6 Å². The van der Waals surface area contributed by atoms with Gasteiger partial charge in [-0.05, 0) is 25.1 Å². The van der Waals surface area contributed by atoms with E-state index in [1.165, 1.54) is 11.6 Å². The Morgan fingerprint density at radius 1 is 1.29 bits per heavy atom. The third-order valence-corrected chi connectivity index (χ3v) is 1.50. The summed E-state index contributed by atoms with van der Waals surface area (Å²) in [5.41, 5.74) is 1.97. The van der Waals surface area contributed by atoms with Crippen molar-refractivity contribution in [2.45, 2.75) is 20.8 Å². The van der Waals surface area contributed by atoms with Crippen LogP contribution < -0.4 is 5.32 Å². The number of anilines is 1. The Balaban J connectivity index is 0.000000791. The van der Waals surface area contributed by atoms with Gasteiger partial charge in [-0.1, -0.05) is 38.1 Å². The highest BCUT2D eigenvalue weighted by Crippen LogP contribution is 2.07. The van der Waals surface area contributed by atoms with E-state index in [0.717, 1.165) is 5.69 Å². The maximum absolute atomic E-state index is 10.8. The zero-order valence-corrected chi connectivity index (χ0v) is 9.00. The number of benzene rings is 1. The summed E-state index contributed by atoms with van der Waals surface area (Å²) in [6.07, 6.45) is 1.25. The number of nitrogens with one attached hydrogen (secondary N) is 1. The molecule has 0 aromatic heterocycles. The second-order valence-electron chi connectivity index (χ2n) is 2.56. The number of rotatable bonds is 2. The minimum atomic E-state index is -0.182. The largest absolute Gasteiger partial charge is 0.323 e. The Hall–Kier alpha value is -1.57. The number of carbonyl (C=O) groups excluding carboxylic acids is 1. The summed E-state index contributed by atoms with van der Waals surface area (Å²) in [4.78, 5) is 10.8. The molecule has 1 amide bonds. The summed E-state index contributed by atoms with van der Waals surface area (Å²) < 4.78 is 0. The molecule has 0 aliphatic rings. The molecule has 2 nitrogen and oxygen atoms in total. The minimum absolute atomic E-state index is 0.182. The number of hydrogen-bond donors (Lipinski definition) is 1. The van der Waals surface area contributed by atoms with Crippen molar-refractivity contribution in [3.63, 3.8) is 0 Å². The van der Waals surface area contributed by atoms with Gasteiger partial charge in [0.2, 0.25) is 5.91 Å². The maximum atomic E-state index is 10.8. The van der Waals surface area contributed by atoms with Gasteiger partial charge in [-0.25, -0.2) is 0 Å². The van der Waals surface area contributed by atoms with Crippen molar-refractivity contribution in [1.29, 1.82) is 0 Å². The van der Waals surface area contributed by atoms with Crippen molar-refractivity contribution in [3.8, 4) is 0 Å². The van der Waals surface area contributed by atoms with Gasteiger partial charge < -0.3 is 5.32 Å². The Morgan fingerprint density at radius 2 is 1.79 bits per heavy atom. The zero-order chi connectivity index (χ0) is 11.0. The van der Waals surface area contributed by atoms with Crippen molar-refractivity contribution in [1.82, 2.24) is 0 Å². The lowest BCUT2D eigenvalue weighted by atomic mass is 10.2. The van der Waals surface area contributed by atoms with Crippen LogP contribution in [0.1, 0.15) is 19.4 Å². The van der Waals surface area contributed by atoms with Gasteiger partial charge in [0.1, 0.15) is 0 Å². The predicted octanol–water partition coefficient (Wildman–Crippen LogP) is 3.15. The van der Waals surface area contributed by atoms with E-state index >= 15 is 0 Å². The first-order valence-corrected chi connectivity index (χ1v) is 4.72. The SMILES string of the molecule is C=CC(=O)Nc1ccc(C)cc1.CC. The highest BCUT2D eigenvalue weighted by Gasteiger charge is 1.94. The van der Waals surface area contributed by atoms with E-state index in [1.807, 2.05) is 45.0 Å². The summed E-state index contributed by atoms with van der Waals surface area (Å²) in [7, 11) is 0. The van der Waals surface area contributed by atoms with Gasteiger partial charge in [-0.15, -0.1) is 0 Å². The maximum Gasteiger partial charge on any atom is 0.247 e. The quantitative estimate of drug-likeness (QED) is 0.715. The smallest absolute Gasteiger partial charge is 0.247 e. The topological polar surface area (TPSA) is 29.1 Å². The van der Waals surface area contributed by atoms with Gasteiger partial charge in [0.05, 0.1) is 0 Å². The summed E-state index contributed by atoms with van der Waals surface area (Å²) in [5.74, 6) is -0.182. The molecule has 1 aromatic carbocycles. The van der Waals surface area contributed by atoms with Crippen LogP contribution in [0.4, 0.5) is 5.69 Å². The van der Waals surface area contributed by atoms with Crippen LogP contribution in [0.15, 0.2) is 36.9 Å². The van der Waals surface area contributed by atoms with E-state index in [9.17, 15) is 4.79 Å². The van der Waals surface area contributed by atoms with Crippen molar-refractivity contribution in [3.05, 3.63) is 42.5 Å². The molecule has 2 heteroatoms. The normalized spacial score (nSPS) is 8.21. The molecule has 0 radical (unpaired) electrons. The molecule has 0 aliphatic heterocycles. The average Bonchev–Trinajstić information content (AvgIpc) is 2.24. The van der Waals surface area contributed by atoms with Crippen LogP contribution in [0.2, 0.25) is 0 Å². The molecule has 76 valence electrons. The summed E-state index contributed by atoms with van der Waals surface area (Å²) >= 11 is 0. The van der Waals surface area contributed by atoms with Crippen LogP contribution in [-0.2, 0) is 4.79 Å². The third-order valence-electron chi connectivity index (χ3n) is 1.50. The fourth-order valence-corrected chi connectivity index (χ4v) is 0.830. The minimum Gasteiger partial charge on any atom is -0.323 e. The van der Waals surface area contributed by atoms with E-state index in [1.54, 1.807) is 0 Å². The molecule has 1 aromatic rings. The molecular weight excluding hydrogens is 174 g/mol. The Bertz CT molecular complexity index is 288. The van der Waals surface area contributed by atoms with Gasteiger partial charge in [0, 0.05) is 5.69 Å². The Labute approximate surface area is 85.6 Å². The van der Waals surface area contributed by atoms with Gasteiger partial charge in [0.15, 0.2) is 0 Å². The third kappa shape index (κ3) is 4.45. The van der Waals surface area contributed by atoms with Crippen molar-refractivity contribution in [2.24, 2.45) is 0 Å². The molecule has 14 heavy (non-hydrogen) atoms. The van der Waals surface area contributed by atoms with Gasteiger partial charge in [-0.3, -0.25) is 4.79 Å². The molecule has 0 spiro atoms. The highest BCUT2D eigenvalue weighted by atomic mass is 16.1. The molecule has 0 aliphatic carbocycles. The molecule has 0 fully saturated rings. The lowest BCUT2D eigenvalue weighted by molar-refractivity contribution is -0.111. The van der Waals surface area contributed by atoms with Crippen LogP contribution in [0, 0.1) is 6.92 Å². The molecule has 0 heterocycles. The monoisotopic (exact) mass is 191 g/mol. The average molecular weight is 191 g/mol. The summed E-state index contributed by atoms with van der Waals surface area (Å²) in [5, 5.41) is 2.66. The lowest BCUT2D eigenvalue weighted by Gasteiger charge is -2.01. The number of aryl methyl sites for hydroxylation is 1. The molecule has 0 saturated carbocycles. The summed E-state index contributed by atoms with van der Waals surface area (Å²) in [6, 6.07) is 7.60. The van der Waals surface area contributed by atoms with Crippen LogP contribution in [0.5, 0.6) is 0 Å². The first-order valence-electron chi connectivity index (χ1n) is 4.72. The van der Waals surface area contributed by atoms with Crippen LogP contribution in [0.3, 0.4) is 0 Å². The molecule has 1 N–H and O–H groups in total. The molecule has 0 atom stereocenters. The fraction of sp³-hybridized carbons (Fsp3) is 0.250. The van der Waals surface area contributed by atoms with Crippen LogP contribution in [0.25, 0.3) is 0 Å². The van der Waals surface area contributed by atoms with E-state index in [-0.39, 0.29) is 5.91 Å². The zero-order valence-electron chi connectivity index (χ0n) is 9.00. The summed E-state index contributed by atoms with van der Waals surface area (Å²) in [6.45, 7) is 9.36. The van der Waals surface area contributed by atoms with Crippen LogP contribution >= 0.6 is 0 Å². The molecule has 1 rings (SSSR count). The number of carbonyl (C=O) groups is 1. The lowest BCUT2D eigenvalue weighted by Crippen LogP contribution is -2.06. The number of hydrogen-bond acceptors (Lipinski definition) is 1. The molecule has 0 bridgehead atoms.